The lowest BCUT2D eigenvalue weighted by Gasteiger charge is -2.46. The van der Waals surface area contributed by atoms with Gasteiger partial charge in [-0.05, 0) is 71.4 Å². The summed E-state index contributed by atoms with van der Waals surface area (Å²) >= 11 is 0. The Morgan fingerprint density at radius 3 is 2.29 bits per heavy atom. The van der Waals surface area contributed by atoms with Crippen LogP contribution in [0.2, 0.25) is 0 Å². The summed E-state index contributed by atoms with van der Waals surface area (Å²) in [6.07, 6.45) is 4.02. The molecule has 3 nitrogen and oxygen atoms in total. The standard InChI is InChI=1S/C18H30N2O/c1-5-21-16-11-9-15(10-12-16)17(19-4)18(2,3)20-13-7-6-8-14-20/h9-12,17,19H,5-8,13-14H2,1-4H3. The Morgan fingerprint density at radius 2 is 1.76 bits per heavy atom. The number of likely N-dealkylation sites (tertiary alicyclic amines) is 1. The van der Waals surface area contributed by atoms with Crippen molar-refractivity contribution in [2.45, 2.75) is 51.6 Å². The topological polar surface area (TPSA) is 24.5 Å². The van der Waals surface area contributed by atoms with Crippen LogP contribution in [-0.2, 0) is 0 Å². The van der Waals surface area contributed by atoms with Crippen LogP contribution in [0.1, 0.15) is 51.6 Å². The Bertz CT molecular complexity index is 421. The van der Waals surface area contributed by atoms with Crippen LogP contribution in [0.15, 0.2) is 24.3 Å². The summed E-state index contributed by atoms with van der Waals surface area (Å²) in [6.45, 7) is 9.87. The average molecular weight is 290 g/mol. The largest absolute Gasteiger partial charge is 0.494 e. The highest BCUT2D eigenvalue weighted by Crippen LogP contribution is 2.33. The van der Waals surface area contributed by atoms with Crippen LogP contribution >= 0.6 is 0 Å². The molecule has 3 heteroatoms. The SMILES string of the molecule is CCOc1ccc(C(NC)C(C)(C)N2CCCCC2)cc1. The summed E-state index contributed by atoms with van der Waals surface area (Å²) in [7, 11) is 2.06. The highest BCUT2D eigenvalue weighted by atomic mass is 16.5. The van der Waals surface area contributed by atoms with Crippen molar-refractivity contribution in [3.05, 3.63) is 29.8 Å². The highest BCUT2D eigenvalue weighted by Gasteiger charge is 2.35. The average Bonchev–Trinajstić information content (AvgIpc) is 2.51. The van der Waals surface area contributed by atoms with E-state index in [2.05, 4.69) is 55.4 Å². The van der Waals surface area contributed by atoms with Crippen LogP contribution in [0.3, 0.4) is 0 Å². The van der Waals surface area contributed by atoms with E-state index in [0.717, 1.165) is 5.75 Å². The molecule has 1 saturated heterocycles. The molecule has 0 amide bonds. The minimum absolute atomic E-state index is 0.113. The van der Waals surface area contributed by atoms with Crippen molar-refractivity contribution in [3.63, 3.8) is 0 Å². The van der Waals surface area contributed by atoms with Crippen molar-refractivity contribution < 1.29 is 4.74 Å². The van der Waals surface area contributed by atoms with Gasteiger partial charge in [-0.3, -0.25) is 4.90 Å². The molecule has 0 bridgehead atoms. The number of hydrogen-bond donors (Lipinski definition) is 1. The fraction of sp³-hybridized carbons (Fsp3) is 0.667. The Hall–Kier alpha value is -1.06. The molecular weight excluding hydrogens is 260 g/mol. The minimum Gasteiger partial charge on any atom is -0.494 e. The van der Waals surface area contributed by atoms with Gasteiger partial charge in [0.2, 0.25) is 0 Å². The molecular formula is C18H30N2O. The summed E-state index contributed by atoms with van der Waals surface area (Å²) in [6, 6.07) is 8.87. The molecule has 1 aliphatic heterocycles. The molecule has 1 aromatic rings. The minimum atomic E-state index is 0.113. The molecule has 1 unspecified atom stereocenters. The van der Waals surface area contributed by atoms with Crippen molar-refractivity contribution in [2.24, 2.45) is 0 Å². The number of benzene rings is 1. The number of hydrogen-bond acceptors (Lipinski definition) is 3. The molecule has 2 rings (SSSR count). The highest BCUT2D eigenvalue weighted by molar-refractivity contribution is 5.31. The molecule has 1 fully saturated rings. The number of rotatable bonds is 6. The molecule has 1 aliphatic rings. The maximum atomic E-state index is 5.55. The first-order valence-electron chi connectivity index (χ1n) is 8.24. The van der Waals surface area contributed by atoms with Crippen LogP contribution in [0.4, 0.5) is 0 Å². The number of piperidine rings is 1. The van der Waals surface area contributed by atoms with Crippen LogP contribution in [-0.4, -0.2) is 37.2 Å². The monoisotopic (exact) mass is 290 g/mol. The van der Waals surface area contributed by atoms with Gasteiger partial charge in [0.05, 0.1) is 6.61 Å². The molecule has 1 aromatic carbocycles. The van der Waals surface area contributed by atoms with Crippen molar-refractivity contribution in [2.75, 3.05) is 26.7 Å². The molecule has 1 N–H and O–H groups in total. The van der Waals surface area contributed by atoms with E-state index in [0.29, 0.717) is 12.6 Å². The van der Waals surface area contributed by atoms with Gasteiger partial charge in [-0.25, -0.2) is 0 Å². The van der Waals surface area contributed by atoms with Crippen molar-refractivity contribution in [1.29, 1.82) is 0 Å². The van der Waals surface area contributed by atoms with Gasteiger partial charge in [-0.15, -0.1) is 0 Å². The quantitative estimate of drug-likeness (QED) is 0.866. The Labute approximate surface area is 129 Å². The fourth-order valence-electron chi connectivity index (χ4n) is 3.50. The van der Waals surface area contributed by atoms with Crippen LogP contribution in [0.5, 0.6) is 5.75 Å². The zero-order valence-corrected chi connectivity index (χ0v) is 14.0. The van der Waals surface area contributed by atoms with E-state index in [1.54, 1.807) is 0 Å². The second-order valence-corrected chi connectivity index (χ2v) is 6.43. The van der Waals surface area contributed by atoms with Crippen LogP contribution < -0.4 is 10.1 Å². The van der Waals surface area contributed by atoms with Crippen LogP contribution in [0.25, 0.3) is 0 Å². The lowest BCUT2D eigenvalue weighted by molar-refractivity contribution is 0.0632. The van der Waals surface area contributed by atoms with E-state index in [-0.39, 0.29) is 5.54 Å². The Balaban J connectivity index is 2.16. The Morgan fingerprint density at radius 1 is 1.14 bits per heavy atom. The van der Waals surface area contributed by atoms with E-state index >= 15 is 0 Å². The van der Waals surface area contributed by atoms with Gasteiger partial charge < -0.3 is 10.1 Å². The molecule has 0 aromatic heterocycles. The lowest BCUT2D eigenvalue weighted by atomic mass is 9.85. The molecule has 21 heavy (non-hydrogen) atoms. The second-order valence-electron chi connectivity index (χ2n) is 6.43. The lowest BCUT2D eigenvalue weighted by Crippen LogP contribution is -2.53. The summed E-state index contributed by atoms with van der Waals surface area (Å²) in [5, 5.41) is 3.52. The van der Waals surface area contributed by atoms with Gasteiger partial charge in [0.25, 0.3) is 0 Å². The van der Waals surface area contributed by atoms with Gasteiger partial charge in [-0.2, -0.15) is 0 Å². The maximum Gasteiger partial charge on any atom is 0.119 e. The summed E-state index contributed by atoms with van der Waals surface area (Å²) in [5.74, 6) is 0.951. The van der Waals surface area contributed by atoms with Crippen molar-refractivity contribution in [3.8, 4) is 5.75 Å². The fourth-order valence-corrected chi connectivity index (χ4v) is 3.50. The smallest absolute Gasteiger partial charge is 0.119 e. The summed E-state index contributed by atoms with van der Waals surface area (Å²) in [4.78, 5) is 2.63. The van der Waals surface area contributed by atoms with E-state index in [1.165, 1.54) is 37.9 Å². The molecule has 0 spiro atoms. The van der Waals surface area contributed by atoms with Gasteiger partial charge >= 0.3 is 0 Å². The third-order valence-corrected chi connectivity index (χ3v) is 4.69. The second kappa shape index (κ2) is 7.28. The number of nitrogens with zero attached hydrogens (tertiary/aromatic N) is 1. The van der Waals surface area contributed by atoms with E-state index in [1.807, 2.05) is 6.92 Å². The first-order chi connectivity index (χ1) is 10.1. The van der Waals surface area contributed by atoms with Crippen LogP contribution in [0, 0.1) is 0 Å². The number of likely N-dealkylation sites (N-methyl/N-ethyl adjacent to an activating group) is 1. The predicted octanol–water partition coefficient (Wildman–Crippen LogP) is 3.61. The zero-order chi connectivity index (χ0) is 15.3. The summed E-state index contributed by atoms with van der Waals surface area (Å²) < 4.78 is 5.55. The molecule has 1 atom stereocenters. The van der Waals surface area contributed by atoms with E-state index in [4.69, 9.17) is 4.74 Å². The first kappa shape index (κ1) is 16.3. The molecule has 1 heterocycles. The van der Waals surface area contributed by atoms with Gasteiger partial charge in [0.1, 0.15) is 5.75 Å². The first-order valence-corrected chi connectivity index (χ1v) is 8.24. The molecule has 0 saturated carbocycles. The number of ether oxygens (including phenoxy) is 1. The third-order valence-electron chi connectivity index (χ3n) is 4.69. The molecule has 0 radical (unpaired) electrons. The third kappa shape index (κ3) is 3.78. The summed E-state index contributed by atoms with van der Waals surface area (Å²) in [5.41, 5.74) is 1.44. The van der Waals surface area contributed by atoms with Crippen molar-refractivity contribution >= 4 is 0 Å². The predicted molar refractivity (Wildman–Crippen MR) is 88.9 cm³/mol. The number of nitrogens with one attached hydrogen (secondary N) is 1. The van der Waals surface area contributed by atoms with E-state index < -0.39 is 0 Å². The van der Waals surface area contributed by atoms with E-state index in [9.17, 15) is 0 Å². The van der Waals surface area contributed by atoms with Gasteiger partial charge in [-0.1, -0.05) is 18.6 Å². The normalized spacial score (nSPS) is 18.5. The molecule has 0 aliphatic carbocycles. The van der Waals surface area contributed by atoms with Gasteiger partial charge in [0.15, 0.2) is 0 Å². The van der Waals surface area contributed by atoms with Crippen molar-refractivity contribution in [1.82, 2.24) is 10.2 Å². The maximum absolute atomic E-state index is 5.55. The Kier molecular flexibility index (Phi) is 5.65. The zero-order valence-electron chi connectivity index (χ0n) is 14.0. The molecule has 118 valence electrons. The van der Waals surface area contributed by atoms with Gasteiger partial charge in [0, 0.05) is 11.6 Å².